The molecule has 0 saturated heterocycles. The van der Waals surface area contributed by atoms with E-state index in [1.165, 1.54) is 19.3 Å². The molecule has 0 bridgehead atoms. The number of carbonyl (C=O) groups is 1. The number of benzene rings is 1. The van der Waals surface area contributed by atoms with Crippen LogP contribution in [0.1, 0.15) is 77.2 Å². The molecule has 0 aliphatic carbocycles. The number of hydrogen-bond donors (Lipinski definition) is 3. The second-order valence-corrected chi connectivity index (χ2v) is 7.75. The molecule has 0 aliphatic heterocycles. The van der Waals surface area contributed by atoms with Gasteiger partial charge in [0.25, 0.3) is 0 Å². The molecule has 1 aromatic carbocycles. The first-order valence-corrected chi connectivity index (χ1v) is 10.2. The summed E-state index contributed by atoms with van der Waals surface area (Å²) in [5.74, 6) is -0.542. The Bertz CT molecular complexity index is 500. The van der Waals surface area contributed by atoms with Crippen LogP contribution in [0.3, 0.4) is 0 Å². The van der Waals surface area contributed by atoms with Gasteiger partial charge in [0, 0.05) is 5.25 Å². The number of carboxylic acid groups (broad SMARTS) is 1. The van der Waals surface area contributed by atoms with Gasteiger partial charge in [-0.25, -0.2) is 0 Å². The van der Waals surface area contributed by atoms with Crippen LogP contribution in [0.15, 0.2) is 24.3 Å². The molecule has 0 spiro atoms. The second kappa shape index (κ2) is 11.5. The highest BCUT2D eigenvalue weighted by atomic mass is 32.1. The molecule has 1 rings (SSSR count). The fourth-order valence-electron chi connectivity index (χ4n) is 3.39. The molecule has 2 unspecified atom stereocenters. The quantitative estimate of drug-likeness (QED) is 0.303. The lowest BCUT2D eigenvalue weighted by Gasteiger charge is -2.35. The third-order valence-corrected chi connectivity index (χ3v) is 5.83. The molecule has 0 aliphatic rings. The maximum absolute atomic E-state index is 12.3. The summed E-state index contributed by atoms with van der Waals surface area (Å²) >= 11 is 4.77. The standard InChI is InChI=1S/C21H34O3S/c1-3-5-7-8-9-10-19(25)21(20(23)24,15-6-4-2)16-17-11-13-18(22)14-12-17/h11-14,19,22,25H,3-10,15-16H2,1-2H3,(H,23,24). The molecular weight excluding hydrogens is 332 g/mol. The summed E-state index contributed by atoms with van der Waals surface area (Å²) in [5.41, 5.74) is 0.0993. The molecule has 0 fully saturated rings. The zero-order valence-corrected chi connectivity index (χ0v) is 16.6. The summed E-state index contributed by atoms with van der Waals surface area (Å²) in [6, 6.07) is 6.89. The second-order valence-electron chi connectivity index (χ2n) is 7.13. The average Bonchev–Trinajstić information content (AvgIpc) is 2.59. The molecule has 3 nitrogen and oxygen atoms in total. The van der Waals surface area contributed by atoms with Gasteiger partial charge < -0.3 is 10.2 Å². The number of carboxylic acids is 1. The van der Waals surface area contributed by atoms with Crippen molar-refractivity contribution in [3.05, 3.63) is 29.8 Å². The summed E-state index contributed by atoms with van der Waals surface area (Å²) in [4.78, 5) is 12.3. The first kappa shape index (κ1) is 21.9. The highest BCUT2D eigenvalue weighted by molar-refractivity contribution is 7.81. The van der Waals surface area contributed by atoms with Crippen molar-refractivity contribution in [2.45, 2.75) is 83.3 Å². The van der Waals surface area contributed by atoms with Crippen LogP contribution < -0.4 is 0 Å². The smallest absolute Gasteiger partial charge is 0.311 e. The van der Waals surface area contributed by atoms with E-state index in [1.54, 1.807) is 12.1 Å². The van der Waals surface area contributed by atoms with Crippen molar-refractivity contribution in [1.29, 1.82) is 0 Å². The molecule has 2 atom stereocenters. The van der Waals surface area contributed by atoms with E-state index in [1.807, 2.05) is 12.1 Å². The molecule has 25 heavy (non-hydrogen) atoms. The third-order valence-electron chi connectivity index (χ3n) is 5.08. The Kier molecular flexibility index (Phi) is 10.0. The summed E-state index contributed by atoms with van der Waals surface area (Å²) in [5, 5.41) is 19.4. The minimum atomic E-state index is -0.846. The highest BCUT2D eigenvalue weighted by Crippen LogP contribution is 2.39. The van der Waals surface area contributed by atoms with E-state index in [4.69, 9.17) is 12.6 Å². The molecule has 2 N–H and O–H groups in total. The number of phenols is 1. The molecule has 0 amide bonds. The van der Waals surface area contributed by atoms with Gasteiger partial charge in [0.15, 0.2) is 0 Å². The number of rotatable bonds is 13. The van der Waals surface area contributed by atoms with Gasteiger partial charge in [0.05, 0.1) is 5.41 Å². The van der Waals surface area contributed by atoms with Crippen LogP contribution in [0, 0.1) is 5.41 Å². The Morgan fingerprint density at radius 3 is 2.20 bits per heavy atom. The maximum atomic E-state index is 12.3. The van der Waals surface area contributed by atoms with Gasteiger partial charge in [-0.05, 0) is 37.0 Å². The molecule has 0 saturated carbocycles. The van der Waals surface area contributed by atoms with Crippen molar-refractivity contribution in [2.75, 3.05) is 0 Å². The fourth-order valence-corrected chi connectivity index (χ4v) is 3.90. The van der Waals surface area contributed by atoms with Crippen LogP contribution in [0.4, 0.5) is 0 Å². The molecule has 4 heteroatoms. The first-order chi connectivity index (χ1) is 12.0. The van der Waals surface area contributed by atoms with Gasteiger partial charge in [0.1, 0.15) is 5.75 Å². The average molecular weight is 367 g/mol. The predicted octanol–water partition coefficient (Wildman–Crippen LogP) is 5.85. The van der Waals surface area contributed by atoms with Gasteiger partial charge in [-0.15, -0.1) is 0 Å². The lowest BCUT2D eigenvalue weighted by atomic mass is 9.73. The van der Waals surface area contributed by atoms with Gasteiger partial charge in [-0.1, -0.05) is 70.9 Å². The van der Waals surface area contributed by atoms with Crippen molar-refractivity contribution < 1.29 is 15.0 Å². The minimum Gasteiger partial charge on any atom is -0.508 e. The Balaban J connectivity index is 2.87. The Morgan fingerprint density at radius 2 is 1.64 bits per heavy atom. The van der Waals surface area contributed by atoms with E-state index in [9.17, 15) is 15.0 Å². The minimum absolute atomic E-state index is 0.160. The van der Waals surface area contributed by atoms with E-state index < -0.39 is 11.4 Å². The molecular formula is C21H34O3S. The van der Waals surface area contributed by atoms with E-state index in [0.717, 1.165) is 37.7 Å². The largest absolute Gasteiger partial charge is 0.508 e. The molecule has 142 valence electrons. The molecule has 1 aromatic rings. The number of unbranched alkanes of at least 4 members (excludes halogenated alkanes) is 5. The van der Waals surface area contributed by atoms with Crippen molar-refractivity contribution in [3.8, 4) is 5.75 Å². The van der Waals surface area contributed by atoms with Gasteiger partial charge in [0.2, 0.25) is 0 Å². The summed E-state index contributed by atoms with van der Waals surface area (Å²) in [6.07, 6.45) is 9.64. The number of phenolic OH excluding ortho intramolecular Hbond substituents is 1. The van der Waals surface area contributed by atoms with Crippen LogP contribution in [0.2, 0.25) is 0 Å². The maximum Gasteiger partial charge on any atom is 0.311 e. The van der Waals surface area contributed by atoms with Crippen molar-refractivity contribution in [1.82, 2.24) is 0 Å². The lowest BCUT2D eigenvalue weighted by Crippen LogP contribution is -2.42. The number of thiol groups is 1. The lowest BCUT2D eigenvalue weighted by molar-refractivity contribution is -0.149. The molecule has 0 heterocycles. The van der Waals surface area contributed by atoms with Crippen LogP contribution >= 0.6 is 12.6 Å². The van der Waals surface area contributed by atoms with Gasteiger partial charge >= 0.3 is 5.97 Å². The number of aliphatic carboxylic acids is 1. The number of hydrogen-bond acceptors (Lipinski definition) is 3. The fraction of sp³-hybridized carbons (Fsp3) is 0.667. The summed E-state index contributed by atoms with van der Waals surface area (Å²) in [7, 11) is 0. The highest BCUT2D eigenvalue weighted by Gasteiger charge is 2.43. The zero-order chi connectivity index (χ0) is 18.7. The number of aromatic hydroxyl groups is 1. The Labute approximate surface area is 158 Å². The van der Waals surface area contributed by atoms with Crippen LogP contribution in [-0.4, -0.2) is 21.4 Å². The SMILES string of the molecule is CCCCCCCC(S)C(CCCC)(Cc1ccc(O)cc1)C(=O)O. The Morgan fingerprint density at radius 1 is 1.04 bits per heavy atom. The topological polar surface area (TPSA) is 57.5 Å². The van der Waals surface area contributed by atoms with E-state index in [0.29, 0.717) is 12.8 Å². The predicted molar refractivity (Wildman–Crippen MR) is 108 cm³/mol. The zero-order valence-electron chi connectivity index (χ0n) is 15.7. The summed E-state index contributed by atoms with van der Waals surface area (Å²) in [6.45, 7) is 4.28. The molecule has 0 aromatic heterocycles. The summed E-state index contributed by atoms with van der Waals surface area (Å²) < 4.78 is 0. The monoisotopic (exact) mass is 366 g/mol. The third kappa shape index (κ3) is 6.93. The van der Waals surface area contributed by atoms with Crippen LogP contribution in [0.25, 0.3) is 0 Å². The van der Waals surface area contributed by atoms with E-state index >= 15 is 0 Å². The van der Waals surface area contributed by atoms with Crippen LogP contribution in [0.5, 0.6) is 5.75 Å². The van der Waals surface area contributed by atoms with Gasteiger partial charge in [-0.3, -0.25) is 4.79 Å². The first-order valence-electron chi connectivity index (χ1n) is 9.65. The van der Waals surface area contributed by atoms with E-state index in [-0.39, 0.29) is 11.0 Å². The van der Waals surface area contributed by atoms with E-state index in [2.05, 4.69) is 13.8 Å². The Hall–Kier alpha value is -1.16. The van der Waals surface area contributed by atoms with Crippen LogP contribution in [-0.2, 0) is 11.2 Å². The van der Waals surface area contributed by atoms with Crippen molar-refractivity contribution in [3.63, 3.8) is 0 Å². The van der Waals surface area contributed by atoms with Crippen molar-refractivity contribution in [2.24, 2.45) is 5.41 Å². The molecule has 0 radical (unpaired) electrons. The van der Waals surface area contributed by atoms with Gasteiger partial charge in [-0.2, -0.15) is 12.6 Å². The normalized spacial score (nSPS) is 14.8. The van der Waals surface area contributed by atoms with Crippen molar-refractivity contribution >= 4 is 18.6 Å².